The molecule has 228 valence electrons. The minimum Gasteiger partial charge on any atom is -0.467 e. The Morgan fingerprint density at radius 2 is 1.90 bits per heavy atom. The zero-order chi connectivity index (χ0) is 29.6. The van der Waals surface area contributed by atoms with Crippen LogP contribution in [-0.4, -0.2) is 59.9 Å². The molecule has 5 fully saturated rings. The maximum Gasteiger partial charge on any atom is 0.328 e. The highest BCUT2D eigenvalue weighted by molar-refractivity contribution is 5.88. The smallest absolute Gasteiger partial charge is 0.328 e. The molecule has 4 aliphatic heterocycles. The van der Waals surface area contributed by atoms with Gasteiger partial charge in [-0.3, -0.25) is 9.59 Å². The Labute approximate surface area is 244 Å². The van der Waals surface area contributed by atoms with Gasteiger partial charge in [0.25, 0.3) is 0 Å². The lowest BCUT2D eigenvalue weighted by Crippen LogP contribution is -2.70. The number of methoxy groups -OCH3 is 1. The molecule has 0 radical (unpaired) electrons. The Hall–Kier alpha value is -2.99. The van der Waals surface area contributed by atoms with Gasteiger partial charge in [-0.15, -0.1) is 0 Å². The van der Waals surface area contributed by atoms with Gasteiger partial charge in [-0.2, -0.15) is 0 Å². The molecule has 9 unspecified atom stereocenters. The van der Waals surface area contributed by atoms with E-state index in [0.717, 1.165) is 35.7 Å². The van der Waals surface area contributed by atoms with Gasteiger partial charge >= 0.3 is 11.9 Å². The van der Waals surface area contributed by atoms with E-state index in [1.807, 2.05) is 44.3 Å². The average Bonchev–Trinajstić information content (AvgIpc) is 3.24. The Kier molecular flexibility index (Phi) is 7.80. The van der Waals surface area contributed by atoms with Crippen LogP contribution in [0.15, 0.2) is 30.5 Å². The first-order valence-corrected chi connectivity index (χ1v) is 15.0. The molecular formula is C31H40N2O9. The third-order valence-corrected chi connectivity index (χ3v) is 9.82. The second-order valence-corrected chi connectivity index (χ2v) is 12.5. The van der Waals surface area contributed by atoms with E-state index in [1.54, 1.807) is 0 Å². The highest BCUT2D eigenvalue weighted by atomic mass is 17.3. The standard InChI is InChI=1S/C31H40N2O9/c1-17-9-10-22-18(2)28(39-29-31(22)21(17)13-14-30(3,40-29)41-42-31)38-26(35)12-11-25(34)33-24(27(36)37-4)15-19-16-32-23-8-6-5-7-20(19)23/h5-8,16-18,21-22,24,28-29,32H,9-15H2,1-4H3,(H,33,34). The highest BCUT2D eigenvalue weighted by Gasteiger charge is 2.69. The van der Waals surface area contributed by atoms with Crippen LogP contribution in [0.2, 0.25) is 0 Å². The lowest BCUT2D eigenvalue weighted by Gasteiger charge is -2.59. The van der Waals surface area contributed by atoms with Crippen LogP contribution in [0.4, 0.5) is 0 Å². The van der Waals surface area contributed by atoms with Crippen molar-refractivity contribution in [3.05, 3.63) is 36.0 Å². The van der Waals surface area contributed by atoms with Crippen LogP contribution in [-0.2, 0) is 49.5 Å². The third kappa shape index (κ3) is 5.10. The fraction of sp³-hybridized carbons (Fsp3) is 0.645. The molecule has 5 heterocycles. The summed E-state index contributed by atoms with van der Waals surface area (Å²) >= 11 is 0. The number of H-pyrrole nitrogens is 1. The number of aromatic nitrogens is 1. The molecule has 5 aliphatic rings. The molecule has 4 saturated heterocycles. The van der Waals surface area contributed by atoms with Crippen LogP contribution in [0, 0.1) is 23.7 Å². The summed E-state index contributed by atoms with van der Waals surface area (Å²) in [5, 5.41) is 3.68. The summed E-state index contributed by atoms with van der Waals surface area (Å²) in [6, 6.07) is 6.81. The van der Waals surface area contributed by atoms with Crippen molar-refractivity contribution in [2.24, 2.45) is 23.7 Å². The summed E-state index contributed by atoms with van der Waals surface area (Å²) in [5.74, 6) is -2.01. The first kappa shape index (κ1) is 29.1. The molecule has 7 rings (SSSR count). The third-order valence-electron chi connectivity index (χ3n) is 9.82. The predicted molar refractivity (Wildman–Crippen MR) is 148 cm³/mol. The molecule has 11 nitrogen and oxygen atoms in total. The van der Waals surface area contributed by atoms with Crippen molar-refractivity contribution >= 4 is 28.7 Å². The number of ether oxygens (including phenoxy) is 4. The summed E-state index contributed by atoms with van der Waals surface area (Å²) in [5.41, 5.74) is 1.06. The maximum absolute atomic E-state index is 12.9. The molecule has 2 bridgehead atoms. The Morgan fingerprint density at radius 3 is 2.71 bits per heavy atom. The molecule has 2 aromatic rings. The Bertz CT molecular complexity index is 1340. The van der Waals surface area contributed by atoms with Gasteiger partial charge in [-0.1, -0.05) is 32.0 Å². The normalized spacial score (nSPS) is 36.0. The van der Waals surface area contributed by atoms with E-state index in [0.29, 0.717) is 12.3 Å². The quantitative estimate of drug-likeness (QED) is 0.350. The van der Waals surface area contributed by atoms with Crippen molar-refractivity contribution < 1.29 is 43.1 Å². The van der Waals surface area contributed by atoms with Crippen LogP contribution >= 0.6 is 0 Å². The van der Waals surface area contributed by atoms with Crippen molar-refractivity contribution in [3.63, 3.8) is 0 Å². The average molecular weight is 585 g/mol. The Balaban J connectivity index is 1.07. The van der Waals surface area contributed by atoms with Crippen molar-refractivity contribution in [2.45, 2.75) is 95.7 Å². The summed E-state index contributed by atoms with van der Waals surface area (Å²) in [6.07, 6.45) is 3.70. The van der Waals surface area contributed by atoms with Crippen LogP contribution < -0.4 is 5.32 Å². The van der Waals surface area contributed by atoms with E-state index in [4.69, 9.17) is 28.7 Å². The molecular weight excluding hydrogens is 544 g/mol. The molecule has 9 atom stereocenters. The maximum atomic E-state index is 12.9. The molecule has 2 N–H and O–H groups in total. The summed E-state index contributed by atoms with van der Waals surface area (Å²) < 4.78 is 23.3. The fourth-order valence-corrected chi connectivity index (χ4v) is 7.53. The summed E-state index contributed by atoms with van der Waals surface area (Å²) in [6.45, 7) is 6.09. The topological polar surface area (TPSA) is 134 Å². The van der Waals surface area contributed by atoms with E-state index in [9.17, 15) is 14.4 Å². The minimum atomic E-state index is -0.923. The van der Waals surface area contributed by atoms with Crippen LogP contribution in [0.5, 0.6) is 0 Å². The zero-order valence-corrected chi connectivity index (χ0v) is 24.6. The number of hydrogen-bond acceptors (Lipinski definition) is 9. The number of carbonyl (C=O) groups is 3. The van der Waals surface area contributed by atoms with E-state index < -0.39 is 47.9 Å². The van der Waals surface area contributed by atoms with Gasteiger partial charge < -0.3 is 29.2 Å². The number of aromatic amines is 1. The molecule has 11 heteroatoms. The molecule has 1 aliphatic carbocycles. The van der Waals surface area contributed by atoms with Crippen molar-refractivity contribution in [1.82, 2.24) is 10.3 Å². The van der Waals surface area contributed by atoms with Crippen molar-refractivity contribution in [1.29, 1.82) is 0 Å². The number of nitrogens with one attached hydrogen (secondary N) is 2. The first-order chi connectivity index (χ1) is 20.1. The fourth-order valence-electron chi connectivity index (χ4n) is 7.53. The van der Waals surface area contributed by atoms with E-state index in [-0.39, 0.29) is 37.0 Å². The number of amides is 1. The number of fused-ring (bicyclic) bond motifs is 3. The Morgan fingerprint density at radius 1 is 1.10 bits per heavy atom. The lowest BCUT2D eigenvalue weighted by molar-refractivity contribution is -0.576. The van der Waals surface area contributed by atoms with E-state index in [1.165, 1.54) is 7.11 Å². The second-order valence-electron chi connectivity index (χ2n) is 12.5. The van der Waals surface area contributed by atoms with E-state index in [2.05, 4.69) is 17.2 Å². The number of esters is 2. The zero-order valence-electron chi connectivity index (χ0n) is 24.6. The SMILES string of the molecule is COC(=O)C(Cc1c[nH]c2ccccc12)NC(=O)CCC(=O)OC1OC2OC3(C)CCC4C(C)CCC(C1C)C24OO3. The number of para-hydroxylation sites is 1. The molecule has 1 saturated carbocycles. The molecule has 42 heavy (non-hydrogen) atoms. The predicted octanol–water partition coefficient (Wildman–Crippen LogP) is 3.90. The number of hydrogen-bond donors (Lipinski definition) is 2. The summed E-state index contributed by atoms with van der Waals surface area (Å²) in [7, 11) is 1.28. The van der Waals surface area contributed by atoms with E-state index >= 15 is 0 Å². The van der Waals surface area contributed by atoms with Gasteiger partial charge in [-0.05, 0) is 49.7 Å². The minimum absolute atomic E-state index is 0.0199. The lowest BCUT2D eigenvalue weighted by atomic mass is 9.58. The number of rotatable bonds is 8. The number of benzene rings is 1. The monoisotopic (exact) mass is 584 g/mol. The van der Waals surface area contributed by atoms with Gasteiger partial charge in [0.2, 0.25) is 18.0 Å². The largest absolute Gasteiger partial charge is 0.467 e. The molecule has 1 amide bonds. The first-order valence-electron chi connectivity index (χ1n) is 15.0. The highest BCUT2D eigenvalue weighted by Crippen LogP contribution is 2.60. The van der Waals surface area contributed by atoms with Gasteiger partial charge in [0.15, 0.2) is 11.9 Å². The van der Waals surface area contributed by atoms with Gasteiger partial charge in [0, 0.05) is 48.2 Å². The van der Waals surface area contributed by atoms with Crippen LogP contribution in [0.1, 0.15) is 64.9 Å². The molecule has 1 aromatic carbocycles. The summed E-state index contributed by atoms with van der Waals surface area (Å²) in [4.78, 5) is 53.4. The molecule has 1 spiro atoms. The van der Waals surface area contributed by atoms with Gasteiger partial charge in [0.05, 0.1) is 13.5 Å². The van der Waals surface area contributed by atoms with Crippen molar-refractivity contribution in [2.75, 3.05) is 7.11 Å². The van der Waals surface area contributed by atoms with Gasteiger partial charge in [0.1, 0.15) is 6.04 Å². The van der Waals surface area contributed by atoms with Crippen LogP contribution in [0.3, 0.4) is 0 Å². The van der Waals surface area contributed by atoms with Crippen LogP contribution in [0.25, 0.3) is 10.9 Å². The molecule has 1 aromatic heterocycles. The van der Waals surface area contributed by atoms with Gasteiger partial charge in [-0.25, -0.2) is 14.6 Å². The number of carbonyl (C=O) groups excluding carboxylic acids is 3. The van der Waals surface area contributed by atoms with Crippen molar-refractivity contribution in [3.8, 4) is 0 Å². The second kappa shape index (κ2) is 11.3.